The molecule has 0 heterocycles. The minimum atomic E-state index is -0.210. The molecular formula is C17H14FNO. The first-order chi connectivity index (χ1) is 9.74. The fourth-order valence-electron chi connectivity index (χ4n) is 2.46. The summed E-state index contributed by atoms with van der Waals surface area (Å²) in [6, 6.07) is 13.9. The molecule has 20 heavy (non-hydrogen) atoms. The van der Waals surface area contributed by atoms with Crippen LogP contribution in [0.4, 0.5) is 4.39 Å². The Balaban J connectivity index is 1.78. The maximum Gasteiger partial charge on any atom is 0.255 e. The van der Waals surface area contributed by atoms with Gasteiger partial charge >= 0.3 is 0 Å². The number of rotatable bonds is 2. The van der Waals surface area contributed by atoms with E-state index < -0.39 is 0 Å². The van der Waals surface area contributed by atoms with E-state index in [2.05, 4.69) is 5.32 Å². The van der Waals surface area contributed by atoms with E-state index in [0.29, 0.717) is 5.56 Å². The lowest BCUT2D eigenvalue weighted by Crippen LogP contribution is -2.17. The zero-order valence-corrected chi connectivity index (χ0v) is 10.9. The number of carbonyl (C=O) groups excluding carboxylic acids is 1. The number of hydrogen-bond donors (Lipinski definition) is 1. The topological polar surface area (TPSA) is 29.1 Å². The molecule has 0 aromatic heterocycles. The van der Waals surface area contributed by atoms with Crippen molar-refractivity contribution in [3.63, 3.8) is 0 Å². The van der Waals surface area contributed by atoms with Gasteiger partial charge < -0.3 is 5.32 Å². The molecule has 0 unspecified atom stereocenters. The molecule has 3 heteroatoms. The van der Waals surface area contributed by atoms with Crippen LogP contribution in [0, 0.1) is 5.82 Å². The van der Waals surface area contributed by atoms with Crippen molar-refractivity contribution >= 4 is 11.5 Å². The predicted octanol–water partition coefficient (Wildman–Crippen LogP) is 3.54. The Morgan fingerprint density at radius 3 is 2.70 bits per heavy atom. The van der Waals surface area contributed by atoms with Crippen molar-refractivity contribution in [2.75, 3.05) is 0 Å². The second-order valence-corrected chi connectivity index (χ2v) is 4.81. The van der Waals surface area contributed by atoms with Crippen molar-refractivity contribution < 1.29 is 9.18 Å². The second kappa shape index (κ2) is 5.29. The van der Waals surface area contributed by atoms with E-state index in [1.165, 1.54) is 6.07 Å². The quantitative estimate of drug-likeness (QED) is 0.886. The van der Waals surface area contributed by atoms with Crippen molar-refractivity contribution in [1.82, 2.24) is 5.32 Å². The zero-order valence-electron chi connectivity index (χ0n) is 10.9. The van der Waals surface area contributed by atoms with Crippen LogP contribution < -0.4 is 5.32 Å². The average Bonchev–Trinajstić information content (AvgIpc) is 2.88. The summed E-state index contributed by atoms with van der Waals surface area (Å²) in [5.74, 6) is -0.341. The van der Waals surface area contributed by atoms with Crippen LogP contribution in [0.25, 0.3) is 5.57 Å². The van der Waals surface area contributed by atoms with Crippen LogP contribution in [0.5, 0.6) is 0 Å². The number of fused-ring (bicyclic) bond motifs is 1. The molecule has 0 saturated carbocycles. The van der Waals surface area contributed by atoms with Crippen molar-refractivity contribution in [3.05, 3.63) is 77.2 Å². The van der Waals surface area contributed by atoms with Gasteiger partial charge in [0.25, 0.3) is 5.91 Å². The SMILES string of the molecule is O=C(N/C=C1/CCc2cc(F)ccc21)c1ccccc1. The van der Waals surface area contributed by atoms with Gasteiger partial charge in [-0.3, -0.25) is 4.79 Å². The Labute approximate surface area is 116 Å². The number of hydrogen-bond acceptors (Lipinski definition) is 1. The first-order valence-electron chi connectivity index (χ1n) is 6.58. The number of aryl methyl sites for hydroxylation is 1. The minimum absolute atomic E-state index is 0.131. The summed E-state index contributed by atoms with van der Waals surface area (Å²) >= 11 is 0. The van der Waals surface area contributed by atoms with E-state index >= 15 is 0 Å². The molecule has 1 amide bonds. The van der Waals surface area contributed by atoms with Gasteiger partial charge in [-0.05, 0) is 53.8 Å². The highest BCUT2D eigenvalue weighted by Crippen LogP contribution is 2.31. The van der Waals surface area contributed by atoms with Gasteiger partial charge in [-0.2, -0.15) is 0 Å². The molecule has 1 aliphatic carbocycles. The van der Waals surface area contributed by atoms with Gasteiger partial charge in [-0.1, -0.05) is 24.3 Å². The number of allylic oxidation sites excluding steroid dienone is 1. The maximum absolute atomic E-state index is 13.1. The van der Waals surface area contributed by atoms with Crippen molar-refractivity contribution in [1.29, 1.82) is 0 Å². The van der Waals surface area contributed by atoms with E-state index in [9.17, 15) is 9.18 Å². The lowest BCUT2D eigenvalue weighted by Gasteiger charge is -2.03. The van der Waals surface area contributed by atoms with Gasteiger partial charge in [-0.15, -0.1) is 0 Å². The molecular weight excluding hydrogens is 253 g/mol. The van der Waals surface area contributed by atoms with E-state index in [-0.39, 0.29) is 11.7 Å². The first-order valence-corrected chi connectivity index (χ1v) is 6.58. The molecule has 100 valence electrons. The Hall–Kier alpha value is -2.42. The fraction of sp³-hybridized carbons (Fsp3) is 0.118. The standard InChI is InChI=1S/C17H14FNO/c18-15-8-9-16-13(10-15)6-7-14(16)11-19-17(20)12-4-2-1-3-5-12/h1-5,8-11H,6-7H2,(H,19,20)/b14-11-. The Bertz CT molecular complexity index is 677. The average molecular weight is 267 g/mol. The Kier molecular flexibility index (Phi) is 3.33. The van der Waals surface area contributed by atoms with Gasteiger partial charge in [0.1, 0.15) is 5.82 Å². The smallest absolute Gasteiger partial charge is 0.255 e. The third-order valence-electron chi connectivity index (χ3n) is 3.49. The molecule has 3 rings (SSSR count). The molecule has 2 nitrogen and oxygen atoms in total. The Morgan fingerprint density at radius 2 is 1.90 bits per heavy atom. The van der Waals surface area contributed by atoms with Gasteiger partial charge in [0.2, 0.25) is 0 Å². The van der Waals surface area contributed by atoms with Crippen LogP contribution >= 0.6 is 0 Å². The highest BCUT2D eigenvalue weighted by Gasteiger charge is 2.16. The molecule has 0 spiro atoms. The largest absolute Gasteiger partial charge is 0.328 e. The summed E-state index contributed by atoms with van der Waals surface area (Å²) in [5, 5.41) is 2.80. The number of halogens is 1. The van der Waals surface area contributed by atoms with E-state index in [0.717, 1.165) is 29.5 Å². The third-order valence-corrected chi connectivity index (χ3v) is 3.49. The van der Waals surface area contributed by atoms with Crippen LogP contribution in [0.3, 0.4) is 0 Å². The molecule has 0 atom stereocenters. The molecule has 0 radical (unpaired) electrons. The highest BCUT2D eigenvalue weighted by molar-refractivity contribution is 5.95. The molecule has 1 N–H and O–H groups in total. The van der Waals surface area contributed by atoms with Gasteiger partial charge in [0.15, 0.2) is 0 Å². The Morgan fingerprint density at radius 1 is 1.10 bits per heavy atom. The van der Waals surface area contributed by atoms with E-state index in [4.69, 9.17) is 0 Å². The second-order valence-electron chi connectivity index (χ2n) is 4.81. The predicted molar refractivity (Wildman–Crippen MR) is 76.6 cm³/mol. The minimum Gasteiger partial charge on any atom is -0.328 e. The summed E-state index contributed by atoms with van der Waals surface area (Å²) < 4.78 is 13.1. The number of nitrogens with one attached hydrogen (secondary N) is 1. The van der Waals surface area contributed by atoms with Crippen LogP contribution in [0.2, 0.25) is 0 Å². The zero-order chi connectivity index (χ0) is 13.9. The summed E-state index contributed by atoms with van der Waals surface area (Å²) in [6.07, 6.45) is 3.38. The number of benzene rings is 2. The number of amides is 1. The van der Waals surface area contributed by atoms with Crippen LogP contribution in [0.1, 0.15) is 27.9 Å². The number of carbonyl (C=O) groups is 1. The third kappa shape index (κ3) is 2.48. The van der Waals surface area contributed by atoms with E-state index in [1.807, 2.05) is 18.2 Å². The molecule has 1 aliphatic rings. The molecule has 0 saturated heterocycles. The lowest BCUT2D eigenvalue weighted by atomic mass is 10.1. The van der Waals surface area contributed by atoms with Crippen molar-refractivity contribution in [2.24, 2.45) is 0 Å². The monoisotopic (exact) mass is 267 g/mol. The normalized spacial score (nSPS) is 15.2. The molecule has 0 fully saturated rings. The highest BCUT2D eigenvalue weighted by atomic mass is 19.1. The van der Waals surface area contributed by atoms with Crippen molar-refractivity contribution in [3.8, 4) is 0 Å². The molecule has 2 aromatic rings. The van der Waals surface area contributed by atoms with Gasteiger partial charge in [0.05, 0.1) is 0 Å². The molecule has 0 aliphatic heterocycles. The van der Waals surface area contributed by atoms with E-state index in [1.54, 1.807) is 30.5 Å². The maximum atomic E-state index is 13.1. The summed E-state index contributed by atoms with van der Waals surface area (Å²) in [6.45, 7) is 0. The van der Waals surface area contributed by atoms with Crippen LogP contribution in [-0.2, 0) is 6.42 Å². The van der Waals surface area contributed by atoms with Crippen molar-refractivity contribution in [2.45, 2.75) is 12.8 Å². The van der Waals surface area contributed by atoms with Crippen LogP contribution in [0.15, 0.2) is 54.7 Å². The van der Waals surface area contributed by atoms with Gasteiger partial charge in [0, 0.05) is 11.8 Å². The van der Waals surface area contributed by atoms with Crippen LogP contribution in [-0.4, -0.2) is 5.91 Å². The summed E-state index contributed by atoms with van der Waals surface area (Å²) in [5.41, 5.74) is 3.70. The summed E-state index contributed by atoms with van der Waals surface area (Å²) in [7, 11) is 0. The molecule has 0 bridgehead atoms. The van der Waals surface area contributed by atoms with Gasteiger partial charge in [-0.25, -0.2) is 4.39 Å². The summed E-state index contributed by atoms with van der Waals surface area (Å²) in [4.78, 5) is 12.0. The fourth-order valence-corrected chi connectivity index (χ4v) is 2.46. The molecule has 2 aromatic carbocycles. The first kappa shape index (κ1) is 12.6. The lowest BCUT2D eigenvalue weighted by molar-refractivity contribution is 0.0970.